The van der Waals surface area contributed by atoms with Gasteiger partial charge in [0, 0.05) is 43.9 Å². The molecule has 0 bridgehead atoms. The van der Waals surface area contributed by atoms with E-state index in [0.717, 1.165) is 84.3 Å². The molecule has 212 valence electrons. The Morgan fingerprint density at radius 3 is 2.41 bits per heavy atom. The average Bonchev–Trinajstić information content (AvgIpc) is 2.95. The van der Waals surface area contributed by atoms with Crippen LogP contribution in [0.5, 0.6) is 5.75 Å². The van der Waals surface area contributed by atoms with Crippen molar-refractivity contribution in [1.82, 2.24) is 10.2 Å². The van der Waals surface area contributed by atoms with Crippen molar-refractivity contribution in [2.24, 2.45) is 5.41 Å². The number of carbonyl (C=O) groups excluding carboxylic acids is 1. The molecule has 39 heavy (non-hydrogen) atoms. The van der Waals surface area contributed by atoms with Crippen molar-refractivity contribution in [3.8, 4) is 5.75 Å². The number of β-amino-alcohol motifs (C(OH)–C–C–N with tert-alkyl or cyclic N) is 1. The number of aryl methyl sites for hydroxylation is 1. The Hall–Kier alpha value is -2.61. The quantitative estimate of drug-likeness (QED) is 0.606. The van der Waals surface area contributed by atoms with Crippen molar-refractivity contribution in [2.75, 3.05) is 64.0 Å². The van der Waals surface area contributed by atoms with E-state index in [-0.39, 0.29) is 11.3 Å². The Morgan fingerprint density at radius 2 is 1.64 bits per heavy atom. The Kier molecular flexibility index (Phi) is 9.10. The van der Waals surface area contributed by atoms with E-state index in [1.165, 1.54) is 11.3 Å². The molecule has 0 unspecified atom stereocenters. The summed E-state index contributed by atoms with van der Waals surface area (Å²) in [6.45, 7) is 8.93. The molecule has 1 amide bonds. The summed E-state index contributed by atoms with van der Waals surface area (Å²) < 4.78 is 12.2. The molecule has 2 N–H and O–H groups in total. The van der Waals surface area contributed by atoms with Gasteiger partial charge in [0.15, 0.2) is 0 Å². The van der Waals surface area contributed by atoms with E-state index in [1.54, 1.807) is 0 Å². The van der Waals surface area contributed by atoms with Crippen molar-refractivity contribution in [3.63, 3.8) is 0 Å². The third-order valence-corrected chi connectivity index (χ3v) is 8.97. The second-order valence-corrected chi connectivity index (χ2v) is 11.9. The first-order chi connectivity index (χ1) is 18.9. The molecular weight excluding hydrogens is 490 g/mol. The van der Waals surface area contributed by atoms with E-state index in [4.69, 9.17) is 9.47 Å². The van der Waals surface area contributed by atoms with Crippen LogP contribution in [0.25, 0.3) is 0 Å². The fourth-order valence-electron chi connectivity index (χ4n) is 6.31. The number of fused-ring (bicyclic) bond motifs is 1. The van der Waals surface area contributed by atoms with E-state index in [9.17, 15) is 9.90 Å². The minimum atomic E-state index is -0.630. The normalized spacial score (nSPS) is 22.8. The first kappa shape index (κ1) is 27.9. The van der Waals surface area contributed by atoms with Gasteiger partial charge in [-0.15, -0.1) is 0 Å². The number of anilines is 1. The molecule has 0 saturated carbocycles. The number of likely N-dealkylation sites (tertiary alicyclic amines) is 1. The monoisotopic (exact) mass is 535 g/mol. The second-order valence-electron chi connectivity index (χ2n) is 11.9. The first-order valence-electron chi connectivity index (χ1n) is 14.8. The van der Waals surface area contributed by atoms with Gasteiger partial charge in [0.05, 0.1) is 24.4 Å². The summed E-state index contributed by atoms with van der Waals surface area (Å²) in [4.78, 5) is 17.6. The highest BCUT2D eigenvalue weighted by atomic mass is 16.5. The lowest BCUT2D eigenvalue weighted by atomic mass is 9.74. The molecule has 0 atom stereocenters. The third-order valence-electron chi connectivity index (χ3n) is 8.97. The number of para-hydroxylation sites is 1. The lowest BCUT2D eigenvalue weighted by Gasteiger charge is -2.46. The molecule has 0 aromatic heterocycles. The van der Waals surface area contributed by atoms with Gasteiger partial charge in [-0.25, -0.2) is 0 Å². The predicted octanol–water partition coefficient (Wildman–Crippen LogP) is 4.42. The number of aliphatic hydroxyl groups is 1. The van der Waals surface area contributed by atoms with Crippen molar-refractivity contribution >= 4 is 11.6 Å². The van der Waals surface area contributed by atoms with Gasteiger partial charge in [-0.2, -0.15) is 0 Å². The van der Waals surface area contributed by atoms with Crippen LogP contribution >= 0.6 is 0 Å². The fraction of sp³-hybridized carbons (Fsp3) is 0.594. The Morgan fingerprint density at radius 1 is 0.897 bits per heavy atom. The van der Waals surface area contributed by atoms with Crippen LogP contribution < -0.4 is 15.0 Å². The maximum Gasteiger partial charge on any atom is 0.255 e. The number of nitrogens with zero attached hydrogens (tertiary/aromatic N) is 2. The van der Waals surface area contributed by atoms with Crippen LogP contribution in [-0.4, -0.2) is 80.6 Å². The zero-order valence-electron chi connectivity index (χ0n) is 23.5. The first-order valence-corrected chi connectivity index (χ1v) is 14.8. The summed E-state index contributed by atoms with van der Waals surface area (Å²) in [5.74, 6) is 0.543. The standard InChI is InChI=1S/C32H45N3O4/c1-26-8-10-27(11-9-26)35-20-15-32(37,16-21-35)24-34-18-13-31(14-19-34)12-4-5-22-38-23-17-33-30(36)28-6-2-3-7-29(28)39-25-31/h2-3,6-11,37H,4-5,12-25H2,1H3,(H,33,36). The molecule has 7 nitrogen and oxygen atoms in total. The SMILES string of the molecule is Cc1ccc(N2CCC(O)(CN3CCC4(CCCCOCCNC(=O)c5ccccc5OC4)CC3)CC2)cc1. The predicted molar refractivity (Wildman–Crippen MR) is 155 cm³/mol. The van der Waals surface area contributed by atoms with Crippen LogP contribution in [0.15, 0.2) is 48.5 Å². The van der Waals surface area contributed by atoms with Crippen LogP contribution in [0.1, 0.15) is 60.9 Å². The fourth-order valence-corrected chi connectivity index (χ4v) is 6.31. The molecule has 3 aliphatic rings. The summed E-state index contributed by atoms with van der Waals surface area (Å²) in [6.07, 6.45) is 6.88. The zero-order chi connectivity index (χ0) is 27.1. The van der Waals surface area contributed by atoms with E-state index in [0.29, 0.717) is 31.1 Å². The van der Waals surface area contributed by atoms with E-state index in [2.05, 4.69) is 46.3 Å². The molecule has 0 aliphatic carbocycles. The summed E-state index contributed by atoms with van der Waals surface area (Å²) in [6, 6.07) is 16.2. The number of hydrogen-bond donors (Lipinski definition) is 2. The van der Waals surface area contributed by atoms with Crippen LogP contribution in [0, 0.1) is 12.3 Å². The van der Waals surface area contributed by atoms with Crippen LogP contribution in [0.2, 0.25) is 0 Å². The van der Waals surface area contributed by atoms with Crippen molar-refractivity contribution < 1.29 is 19.4 Å². The van der Waals surface area contributed by atoms with Crippen molar-refractivity contribution in [1.29, 1.82) is 0 Å². The van der Waals surface area contributed by atoms with Gasteiger partial charge in [-0.1, -0.05) is 36.2 Å². The summed E-state index contributed by atoms with van der Waals surface area (Å²) in [5.41, 5.74) is 2.55. The van der Waals surface area contributed by atoms with Gasteiger partial charge >= 0.3 is 0 Å². The summed E-state index contributed by atoms with van der Waals surface area (Å²) in [5, 5.41) is 14.4. The minimum Gasteiger partial charge on any atom is -0.492 e. The number of hydrogen-bond acceptors (Lipinski definition) is 6. The molecule has 3 heterocycles. The van der Waals surface area contributed by atoms with Crippen molar-refractivity contribution in [2.45, 2.75) is 57.5 Å². The highest BCUT2D eigenvalue weighted by Crippen LogP contribution is 2.39. The number of rotatable bonds is 3. The summed E-state index contributed by atoms with van der Waals surface area (Å²) in [7, 11) is 0. The van der Waals surface area contributed by atoms with Gasteiger partial charge in [-0.3, -0.25) is 4.79 Å². The summed E-state index contributed by atoms with van der Waals surface area (Å²) >= 11 is 0. The van der Waals surface area contributed by atoms with Crippen molar-refractivity contribution in [3.05, 3.63) is 59.7 Å². The maximum atomic E-state index is 12.7. The minimum absolute atomic E-state index is 0.0711. The zero-order valence-corrected chi connectivity index (χ0v) is 23.5. The van der Waals surface area contributed by atoms with E-state index >= 15 is 0 Å². The number of nitrogens with one attached hydrogen (secondary N) is 1. The Labute approximate surface area is 233 Å². The molecule has 5 rings (SSSR count). The molecule has 2 aromatic carbocycles. The number of carbonyl (C=O) groups is 1. The van der Waals surface area contributed by atoms with Gasteiger partial charge in [0.25, 0.3) is 5.91 Å². The Bertz CT molecular complexity index is 1070. The molecule has 0 radical (unpaired) electrons. The second kappa shape index (κ2) is 12.7. The smallest absolute Gasteiger partial charge is 0.255 e. The number of piperidine rings is 2. The van der Waals surface area contributed by atoms with Gasteiger partial charge < -0.3 is 29.7 Å². The van der Waals surface area contributed by atoms with Gasteiger partial charge in [0.2, 0.25) is 0 Å². The van der Waals surface area contributed by atoms with Crippen LogP contribution in [0.3, 0.4) is 0 Å². The lowest BCUT2D eigenvalue weighted by Crippen LogP contribution is -2.53. The highest BCUT2D eigenvalue weighted by molar-refractivity contribution is 5.96. The average molecular weight is 536 g/mol. The van der Waals surface area contributed by atoms with E-state index < -0.39 is 5.60 Å². The molecule has 3 aliphatic heterocycles. The number of amides is 1. The highest BCUT2D eigenvalue weighted by Gasteiger charge is 2.39. The van der Waals surface area contributed by atoms with Gasteiger partial charge in [0.1, 0.15) is 5.75 Å². The lowest BCUT2D eigenvalue weighted by molar-refractivity contribution is -0.0379. The molecular formula is C32H45N3O4. The molecule has 2 saturated heterocycles. The maximum absolute atomic E-state index is 12.7. The van der Waals surface area contributed by atoms with Crippen LogP contribution in [-0.2, 0) is 4.74 Å². The largest absolute Gasteiger partial charge is 0.492 e. The number of ether oxygens (including phenoxy) is 2. The molecule has 2 aromatic rings. The Balaban J connectivity index is 1.18. The topological polar surface area (TPSA) is 74.3 Å². The molecule has 1 spiro atoms. The third kappa shape index (κ3) is 7.33. The number of benzene rings is 2. The van der Waals surface area contributed by atoms with Gasteiger partial charge in [-0.05, 0) is 82.8 Å². The molecule has 2 fully saturated rings. The molecule has 7 heteroatoms. The van der Waals surface area contributed by atoms with E-state index in [1.807, 2.05) is 24.3 Å². The van der Waals surface area contributed by atoms with Crippen LogP contribution in [0.4, 0.5) is 5.69 Å².